The Morgan fingerprint density at radius 2 is 1.79 bits per heavy atom. The maximum atomic E-state index is 5.32. The molecule has 0 bridgehead atoms. The van der Waals surface area contributed by atoms with Crippen molar-refractivity contribution in [3.05, 3.63) is 48.3 Å². The van der Waals surface area contributed by atoms with Crippen LogP contribution in [0.1, 0.15) is 6.42 Å². The average Bonchev–Trinajstić information content (AvgIpc) is 2.74. The van der Waals surface area contributed by atoms with E-state index >= 15 is 0 Å². The molecule has 2 aliphatic rings. The van der Waals surface area contributed by atoms with E-state index < -0.39 is 0 Å². The highest BCUT2D eigenvalue weighted by Crippen LogP contribution is 2.22. The largest absolute Gasteiger partial charge is 0.497 e. The van der Waals surface area contributed by atoms with Crippen LogP contribution in [-0.2, 0) is 4.74 Å². The number of benzene rings is 1. The molecule has 1 aromatic carbocycles. The molecule has 0 fully saturated rings. The van der Waals surface area contributed by atoms with Gasteiger partial charge in [0, 0.05) is 19.6 Å². The Bertz CT molecular complexity index is 429. The van der Waals surface area contributed by atoms with E-state index in [1.165, 1.54) is 17.8 Å². The lowest BCUT2D eigenvalue weighted by Crippen LogP contribution is -2.08. The van der Waals surface area contributed by atoms with Crippen molar-refractivity contribution in [1.29, 1.82) is 0 Å². The zero-order valence-corrected chi connectivity index (χ0v) is 11.1. The normalized spacial score (nSPS) is 16.4. The Morgan fingerprint density at radius 1 is 1.11 bits per heavy atom. The molecule has 0 saturated heterocycles. The molecular formula is C15H21N3O. The lowest BCUT2D eigenvalue weighted by atomic mass is 10.2. The highest BCUT2D eigenvalue weighted by atomic mass is 16.5. The van der Waals surface area contributed by atoms with Crippen molar-refractivity contribution in [1.82, 2.24) is 0 Å². The summed E-state index contributed by atoms with van der Waals surface area (Å²) in [6.07, 6.45) is 6.68. The van der Waals surface area contributed by atoms with Crippen molar-refractivity contribution in [2.75, 3.05) is 36.9 Å². The molecule has 102 valence electrons. The summed E-state index contributed by atoms with van der Waals surface area (Å²) in [6.45, 7) is 3.41. The lowest BCUT2D eigenvalue weighted by molar-refractivity contribution is 0.274. The highest BCUT2D eigenvalue weighted by Gasteiger charge is 2.02. The van der Waals surface area contributed by atoms with Gasteiger partial charge < -0.3 is 21.1 Å². The van der Waals surface area contributed by atoms with Gasteiger partial charge in [0.15, 0.2) is 0 Å². The van der Waals surface area contributed by atoms with Gasteiger partial charge in [-0.05, 0) is 30.2 Å². The molecule has 4 nitrogen and oxygen atoms in total. The number of fused-ring (bicyclic) bond motifs is 1. The SMILES string of the molecule is NCC1=CC=COC1.c1ccc2c(c1)NCCCN2. The number of anilines is 2. The zero-order valence-electron chi connectivity index (χ0n) is 11.1. The van der Waals surface area contributed by atoms with E-state index in [0.29, 0.717) is 13.2 Å². The van der Waals surface area contributed by atoms with Gasteiger partial charge in [0.25, 0.3) is 0 Å². The molecule has 2 aliphatic heterocycles. The molecule has 0 aliphatic carbocycles. The average molecular weight is 259 g/mol. The second-order valence-electron chi connectivity index (χ2n) is 4.42. The van der Waals surface area contributed by atoms with Gasteiger partial charge in [-0.25, -0.2) is 0 Å². The summed E-state index contributed by atoms with van der Waals surface area (Å²) < 4.78 is 4.94. The van der Waals surface area contributed by atoms with Crippen LogP contribution in [0.15, 0.2) is 48.3 Å². The Balaban J connectivity index is 0.000000148. The Hall–Kier alpha value is -1.94. The molecule has 0 amide bonds. The molecule has 0 unspecified atom stereocenters. The maximum Gasteiger partial charge on any atom is 0.110 e. The second kappa shape index (κ2) is 7.48. The van der Waals surface area contributed by atoms with E-state index in [4.69, 9.17) is 10.5 Å². The van der Waals surface area contributed by atoms with Gasteiger partial charge in [0.05, 0.1) is 17.6 Å². The number of nitrogens with two attached hydrogens (primary N) is 1. The van der Waals surface area contributed by atoms with E-state index in [-0.39, 0.29) is 0 Å². The van der Waals surface area contributed by atoms with Crippen LogP contribution in [0.25, 0.3) is 0 Å². The van der Waals surface area contributed by atoms with Gasteiger partial charge in [-0.2, -0.15) is 0 Å². The summed E-state index contributed by atoms with van der Waals surface area (Å²) in [6, 6.07) is 8.32. The fraction of sp³-hybridized carbons (Fsp3) is 0.333. The van der Waals surface area contributed by atoms with Gasteiger partial charge >= 0.3 is 0 Å². The molecule has 0 spiro atoms. The van der Waals surface area contributed by atoms with E-state index in [9.17, 15) is 0 Å². The van der Waals surface area contributed by atoms with E-state index in [1.54, 1.807) is 6.26 Å². The smallest absolute Gasteiger partial charge is 0.110 e. The van der Waals surface area contributed by atoms with Crippen LogP contribution >= 0.6 is 0 Å². The van der Waals surface area contributed by atoms with Crippen molar-refractivity contribution in [3.8, 4) is 0 Å². The molecule has 4 N–H and O–H groups in total. The number of ether oxygens (including phenoxy) is 1. The third-order valence-corrected chi connectivity index (χ3v) is 2.95. The first-order valence-corrected chi connectivity index (χ1v) is 6.63. The molecule has 0 aromatic heterocycles. The minimum Gasteiger partial charge on any atom is -0.497 e. The van der Waals surface area contributed by atoms with Crippen LogP contribution in [0.5, 0.6) is 0 Å². The van der Waals surface area contributed by atoms with Crippen molar-refractivity contribution < 1.29 is 4.74 Å². The molecule has 0 saturated carbocycles. The van der Waals surface area contributed by atoms with Crippen molar-refractivity contribution in [2.24, 2.45) is 5.73 Å². The standard InChI is InChI=1S/C9H12N2.C6H9NO/c1-2-5-9-8(4-1)10-6-3-7-11-9;7-4-6-2-1-3-8-5-6/h1-2,4-5,10-11H,3,6-7H2;1-3H,4-5,7H2. The Morgan fingerprint density at radius 3 is 2.26 bits per heavy atom. The highest BCUT2D eigenvalue weighted by molar-refractivity contribution is 5.69. The monoisotopic (exact) mass is 259 g/mol. The van der Waals surface area contributed by atoms with Gasteiger partial charge in [-0.3, -0.25) is 0 Å². The summed E-state index contributed by atoms with van der Waals surface area (Å²) in [5.41, 5.74) is 8.92. The lowest BCUT2D eigenvalue weighted by Gasteiger charge is -2.06. The molecule has 3 rings (SSSR count). The van der Waals surface area contributed by atoms with Crippen molar-refractivity contribution in [3.63, 3.8) is 0 Å². The van der Waals surface area contributed by atoms with Gasteiger partial charge in [-0.15, -0.1) is 0 Å². The summed E-state index contributed by atoms with van der Waals surface area (Å²) in [7, 11) is 0. The fourth-order valence-corrected chi connectivity index (χ4v) is 1.89. The zero-order chi connectivity index (χ0) is 13.3. The predicted octanol–water partition coefficient (Wildman–Crippen LogP) is 2.33. The van der Waals surface area contributed by atoms with Crippen molar-refractivity contribution >= 4 is 11.4 Å². The number of nitrogens with one attached hydrogen (secondary N) is 2. The number of hydrogen-bond donors (Lipinski definition) is 3. The van der Waals surface area contributed by atoms with Crippen LogP contribution in [0.2, 0.25) is 0 Å². The van der Waals surface area contributed by atoms with Crippen LogP contribution in [0, 0.1) is 0 Å². The third kappa shape index (κ3) is 4.34. The van der Waals surface area contributed by atoms with Gasteiger partial charge in [-0.1, -0.05) is 18.2 Å². The number of para-hydroxylation sites is 2. The Kier molecular flexibility index (Phi) is 5.31. The minimum atomic E-state index is 0.602. The van der Waals surface area contributed by atoms with E-state index in [0.717, 1.165) is 18.7 Å². The van der Waals surface area contributed by atoms with Crippen LogP contribution in [0.4, 0.5) is 11.4 Å². The topological polar surface area (TPSA) is 59.3 Å². The summed E-state index contributed by atoms with van der Waals surface area (Å²) in [5, 5.41) is 6.73. The van der Waals surface area contributed by atoms with E-state index in [2.05, 4.69) is 34.9 Å². The van der Waals surface area contributed by atoms with Gasteiger partial charge in [0.1, 0.15) is 6.61 Å². The molecule has 4 heteroatoms. The molecule has 19 heavy (non-hydrogen) atoms. The minimum absolute atomic E-state index is 0.602. The molecule has 0 radical (unpaired) electrons. The Labute approximate surface area is 114 Å². The molecular weight excluding hydrogens is 238 g/mol. The molecule has 0 atom stereocenters. The van der Waals surface area contributed by atoms with Gasteiger partial charge in [0.2, 0.25) is 0 Å². The second-order valence-corrected chi connectivity index (χ2v) is 4.42. The first-order valence-electron chi connectivity index (χ1n) is 6.63. The number of allylic oxidation sites excluding steroid dienone is 2. The fourth-order valence-electron chi connectivity index (χ4n) is 1.89. The first kappa shape index (κ1) is 13.5. The number of rotatable bonds is 1. The van der Waals surface area contributed by atoms with Crippen LogP contribution in [-0.4, -0.2) is 26.2 Å². The summed E-state index contributed by atoms with van der Waals surface area (Å²) in [5.74, 6) is 0. The predicted molar refractivity (Wildman–Crippen MR) is 80.3 cm³/mol. The van der Waals surface area contributed by atoms with Crippen LogP contribution in [0.3, 0.4) is 0 Å². The van der Waals surface area contributed by atoms with E-state index in [1.807, 2.05) is 12.2 Å². The summed E-state index contributed by atoms with van der Waals surface area (Å²) >= 11 is 0. The van der Waals surface area contributed by atoms with Crippen LogP contribution < -0.4 is 16.4 Å². The summed E-state index contributed by atoms with van der Waals surface area (Å²) in [4.78, 5) is 0. The quantitative estimate of drug-likeness (QED) is 0.724. The molecule has 1 aromatic rings. The number of hydrogen-bond acceptors (Lipinski definition) is 4. The third-order valence-electron chi connectivity index (χ3n) is 2.95. The van der Waals surface area contributed by atoms with Crippen molar-refractivity contribution in [2.45, 2.75) is 6.42 Å². The molecule has 2 heterocycles. The maximum absolute atomic E-state index is 5.32. The first-order chi connectivity index (χ1) is 9.40.